The van der Waals surface area contributed by atoms with E-state index in [-0.39, 0.29) is 12.4 Å². The first-order chi connectivity index (χ1) is 13.0. The lowest BCUT2D eigenvalue weighted by Gasteiger charge is -2.24. The van der Waals surface area contributed by atoms with Gasteiger partial charge in [0.2, 0.25) is 6.10 Å². The summed E-state index contributed by atoms with van der Waals surface area (Å²) in [5.41, 5.74) is 3.04. The number of nitrogens with zero attached hydrogens (tertiary/aromatic N) is 1. The van der Waals surface area contributed by atoms with Crippen LogP contribution in [0.3, 0.4) is 0 Å². The molecular formula is C18H16Br2N2O5. The molecule has 0 bridgehead atoms. The molecule has 0 saturated heterocycles. The predicted molar refractivity (Wildman–Crippen MR) is 107 cm³/mol. The van der Waals surface area contributed by atoms with Gasteiger partial charge in [-0.15, -0.1) is 0 Å². The van der Waals surface area contributed by atoms with Gasteiger partial charge in [-0.1, -0.05) is 12.1 Å². The highest BCUT2D eigenvalue weighted by atomic mass is 79.9. The van der Waals surface area contributed by atoms with Crippen LogP contribution in [0, 0.1) is 0 Å². The fourth-order valence-corrected chi connectivity index (χ4v) is 3.19. The van der Waals surface area contributed by atoms with Gasteiger partial charge in [-0.25, -0.2) is 5.43 Å². The van der Waals surface area contributed by atoms with Crippen LogP contribution in [0.2, 0.25) is 0 Å². The number of phenolic OH excluding ortho intramolecular Hbond substituents is 1. The molecule has 1 aliphatic rings. The van der Waals surface area contributed by atoms with E-state index in [1.54, 1.807) is 24.3 Å². The first kappa shape index (κ1) is 19.5. The summed E-state index contributed by atoms with van der Waals surface area (Å²) in [6.45, 7) is 2.31. The lowest BCUT2D eigenvalue weighted by molar-refractivity contribution is -0.130. The number of hydrazone groups is 1. The number of benzene rings is 2. The first-order valence-electron chi connectivity index (χ1n) is 8.06. The van der Waals surface area contributed by atoms with Crippen molar-refractivity contribution in [1.29, 1.82) is 0 Å². The minimum absolute atomic E-state index is 0.0173. The van der Waals surface area contributed by atoms with Gasteiger partial charge >= 0.3 is 0 Å². The zero-order valence-electron chi connectivity index (χ0n) is 14.2. The van der Waals surface area contributed by atoms with Crippen molar-refractivity contribution < 1.29 is 24.1 Å². The number of aromatic hydroxyl groups is 1. The van der Waals surface area contributed by atoms with Crippen molar-refractivity contribution in [3.63, 3.8) is 0 Å². The molecule has 9 heteroatoms. The van der Waals surface area contributed by atoms with Gasteiger partial charge in [0.05, 0.1) is 17.3 Å². The Bertz CT molecular complexity index is 888. The number of ether oxygens (including phenoxy) is 3. The molecule has 1 atom stereocenters. The third-order valence-corrected chi connectivity index (χ3v) is 5.81. The van der Waals surface area contributed by atoms with Crippen LogP contribution in [-0.2, 0) is 4.79 Å². The average molecular weight is 500 g/mol. The van der Waals surface area contributed by atoms with Crippen LogP contribution in [0.4, 0.5) is 0 Å². The van der Waals surface area contributed by atoms with Crippen LogP contribution in [0.25, 0.3) is 0 Å². The summed E-state index contributed by atoms with van der Waals surface area (Å²) in [6, 6.07) is 8.75. The van der Waals surface area contributed by atoms with Crippen molar-refractivity contribution in [2.45, 2.75) is 13.0 Å². The zero-order chi connectivity index (χ0) is 19.4. The summed E-state index contributed by atoms with van der Waals surface area (Å²) >= 11 is 6.65. The molecule has 0 aromatic heterocycles. The molecule has 0 saturated carbocycles. The summed E-state index contributed by atoms with van der Waals surface area (Å²) in [5.74, 6) is 0.975. The Morgan fingerprint density at radius 3 is 2.85 bits per heavy atom. The van der Waals surface area contributed by atoms with E-state index in [9.17, 15) is 9.90 Å². The van der Waals surface area contributed by atoms with Crippen molar-refractivity contribution in [3.05, 3.63) is 44.8 Å². The largest absolute Gasteiger partial charge is 0.503 e. The van der Waals surface area contributed by atoms with E-state index in [4.69, 9.17) is 14.2 Å². The smallest absolute Gasteiger partial charge is 0.284 e. The number of rotatable bonds is 5. The monoisotopic (exact) mass is 498 g/mol. The molecule has 142 valence electrons. The van der Waals surface area contributed by atoms with Gasteiger partial charge in [-0.2, -0.15) is 5.10 Å². The Hall–Kier alpha value is -2.26. The van der Waals surface area contributed by atoms with Crippen LogP contribution in [0.1, 0.15) is 12.5 Å². The molecule has 27 heavy (non-hydrogen) atoms. The highest BCUT2D eigenvalue weighted by Gasteiger charge is 2.27. The van der Waals surface area contributed by atoms with E-state index in [0.717, 1.165) is 0 Å². The van der Waals surface area contributed by atoms with Crippen LogP contribution in [0.15, 0.2) is 44.4 Å². The standard InChI is InChI=1S/C18H16Br2N2O5/c1-2-25-13-7-10(15(19)16(20)17(13)23)8-21-22-18(24)14-9-26-11-5-3-4-6-12(11)27-14/h3-8,14,23H,2,9H2,1H3,(H,22,24)/b21-8-. The van der Waals surface area contributed by atoms with Gasteiger partial charge in [0.1, 0.15) is 6.61 Å². The molecule has 0 radical (unpaired) electrons. The Kier molecular flexibility index (Phi) is 6.22. The number of para-hydroxylation sites is 2. The van der Waals surface area contributed by atoms with Gasteiger partial charge in [-0.05, 0) is 57.0 Å². The number of fused-ring (bicyclic) bond motifs is 1. The Balaban J connectivity index is 1.68. The van der Waals surface area contributed by atoms with Crippen LogP contribution in [0.5, 0.6) is 23.0 Å². The van der Waals surface area contributed by atoms with Gasteiger partial charge in [0, 0.05) is 10.0 Å². The molecule has 1 unspecified atom stereocenters. The maximum absolute atomic E-state index is 12.3. The number of amides is 1. The fraction of sp³-hybridized carbons (Fsp3) is 0.222. The number of halogens is 2. The summed E-state index contributed by atoms with van der Waals surface area (Å²) in [7, 11) is 0. The highest BCUT2D eigenvalue weighted by molar-refractivity contribution is 9.13. The van der Waals surface area contributed by atoms with Gasteiger partial charge in [0.15, 0.2) is 23.0 Å². The second-order valence-electron chi connectivity index (χ2n) is 5.47. The maximum Gasteiger partial charge on any atom is 0.284 e. The Morgan fingerprint density at radius 1 is 1.37 bits per heavy atom. The van der Waals surface area contributed by atoms with Crippen molar-refractivity contribution in [1.82, 2.24) is 5.43 Å². The molecule has 0 spiro atoms. The molecule has 2 aromatic carbocycles. The molecule has 1 amide bonds. The number of carbonyl (C=O) groups excluding carboxylic acids is 1. The van der Waals surface area contributed by atoms with Gasteiger partial charge in [0.25, 0.3) is 5.91 Å². The third kappa shape index (κ3) is 4.36. The van der Waals surface area contributed by atoms with Crippen molar-refractivity contribution in [2.75, 3.05) is 13.2 Å². The van der Waals surface area contributed by atoms with E-state index < -0.39 is 12.0 Å². The molecule has 1 heterocycles. The van der Waals surface area contributed by atoms with E-state index in [2.05, 4.69) is 42.4 Å². The topological polar surface area (TPSA) is 89.4 Å². The van der Waals surface area contributed by atoms with Crippen LogP contribution >= 0.6 is 31.9 Å². The van der Waals surface area contributed by atoms with E-state index >= 15 is 0 Å². The Labute approximate surface area is 172 Å². The lowest BCUT2D eigenvalue weighted by atomic mass is 10.2. The normalized spacial score (nSPS) is 15.6. The average Bonchev–Trinajstić information content (AvgIpc) is 2.69. The first-order valence-corrected chi connectivity index (χ1v) is 9.65. The summed E-state index contributed by atoms with van der Waals surface area (Å²) in [4.78, 5) is 12.3. The molecule has 2 aromatic rings. The minimum atomic E-state index is -0.800. The highest BCUT2D eigenvalue weighted by Crippen LogP contribution is 2.41. The third-order valence-electron chi connectivity index (χ3n) is 3.65. The molecule has 0 aliphatic carbocycles. The number of phenols is 1. The molecular weight excluding hydrogens is 484 g/mol. The van der Waals surface area contributed by atoms with Gasteiger partial charge in [-0.3, -0.25) is 4.79 Å². The number of hydrogen-bond acceptors (Lipinski definition) is 6. The quantitative estimate of drug-likeness (QED) is 0.484. The number of nitrogens with one attached hydrogen (secondary N) is 1. The second-order valence-corrected chi connectivity index (χ2v) is 7.06. The molecule has 2 N–H and O–H groups in total. The van der Waals surface area contributed by atoms with E-state index in [0.29, 0.717) is 38.4 Å². The summed E-state index contributed by atoms with van der Waals surface area (Å²) in [6.07, 6.45) is 0.637. The molecule has 3 rings (SSSR count). The fourth-order valence-electron chi connectivity index (χ4n) is 2.36. The van der Waals surface area contributed by atoms with Crippen LogP contribution in [-0.4, -0.2) is 36.5 Å². The molecule has 7 nitrogen and oxygen atoms in total. The molecule has 1 aliphatic heterocycles. The minimum Gasteiger partial charge on any atom is -0.503 e. The lowest BCUT2D eigenvalue weighted by Crippen LogP contribution is -2.42. The number of carbonyl (C=O) groups is 1. The van der Waals surface area contributed by atoms with E-state index in [1.165, 1.54) is 6.21 Å². The van der Waals surface area contributed by atoms with Crippen molar-refractivity contribution in [3.8, 4) is 23.0 Å². The SMILES string of the molecule is CCOc1cc(/C=N\NC(=O)C2COc3ccccc3O2)c(Br)c(Br)c1O. The zero-order valence-corrected chi connectivity index (χ0v) is 17.4. The van der Waals surface area contributed by atoms with Crippen molar-refractivity contribution in [2.24, 2.45) is 5.10 Å². The van der Waals surface area contributed by atoms with Crippen molar-refractivity contribution >= 4 is 44.0 Å². The molecule has 0 fully saturated rings. The predicted octanol–water partition coefficient (Wildman–Crippen LogP) is 3.61. The maximum atomic E-state index is 12.3. The summed E-state index contributed by atoms with van der Waals surface area (Å²) < 4.78 is 17.5. The van der Waals surface area contributed by atoms with E-state index in [1.807, 2.05) is 13.0 Å². The second kappa shape index (κ2) is 8.62. The Morgan fingerprint density at radius 2 is 2.11 bits per heavy atom. The number of hydrogen-bond donors (Lipinski definition) is 2. The van der Waals surface area contributed by atoms with Gasteiger partial charge < -0.3 is 19.3 Å². The summed E-state index contributed by atoms with van der Waals surface area (Å²) in [5, 5.41) is 14.0. The van der Waals surface area contributed by atoms with Crippen LogP contribution < -0.4 is 19.6 Å².